The van der Waals surface area contributed by atoms with Crippen molar-refractivity contribution in [2.75, 3.05) is 13.2 Å². The van der Waals surface area contributed by atoms with Gasteiger partial charge in [0.2, 0.25) is 11.8 Å². The summed E-state index contributed by atoms with van der Waals surface area (Å²) in [5.41, 5.74) is 6.14. The number of carbonyl (C=O) groups is 2. The third kappa shape index (κ3) is 5.82. The van der Waals surface area contributed by atoms with Crippen LogP contribution in [0.4, 0.5) is 0 Å². The Balaban J connectivity index is 2.39. The van der Waals surface area contributed by atoms with Crippen LogP contribution in [0.25, 0.3) is 0 Å². The van der Waals surface area contributed by atoms with Crippen molar-refractivity contribution in [3.63, 3.8) is 0 Å². The molecule has 104 valence electrons. The monoisotopic (exact) mass is 267 g/mol. The number of nitrogens with zero attached hydrogens (tertiary/aromatic N) is 1. The topological polar surface area (TPSA) is 115 Å². The summed E-state index contributed by atoms with van der Waals surface area (Å²) in [5, 5.41) is 11.3. The molecule has 0 aliphatic rings. The van der Waals surface area contributed by atoms with E-state index >= 15 is 0 Å². The first-order valence-electron chi connectivity index (χ1n) is 5.79. The van der Waals surface area contributed by atoms with Crippen LogP contribution in [-0.4, -0.2) is 41.2 Å². The molecule has 0 saturated heterocycles. The smallest absolute Gasteiger partial charge is 0.320 e. The lowest BCUT2D eigenvalue weighted by Crippen LogP contribution is -2.32. The van der Waals surface area contributed by atoms with E-state index in [2.05, 4.69) is 10.3 Å². The zero-order chi connectivity index (χ0) is 14.3. The standard InChI is InChI=1S/C12H17N3O4/c1-8(16)14-4-5-19-11-3-2-9(7-15-11)6-10(13)12(17)18/h2-3,7,10H,4-6,13H2,1H3,(H,14,16)(H,17,18). The van der Waals surface area contributed by atoms with E-state index in [1.54, 1.807) is 12.1 Å². The molecule has 7 heteroatoms. The fourth-order valence-electron chi connectivity index (χ4n) is 1.34. The quantitative estimate of drug-likeness (QED) is 0.576. The number of rotatable bonds is 7. The molecule has 0 radical (unpaired) electrons. The van der Waals surface area contributed by atoms with Gasteiger partial charge in [-0.25, -0.2) is 4.98 Å². The lowest BCUT2D eigenvalue weighted by Gasteiger charge is -2.08. The van der Waals surface area contributed by atoms with Crippen molar-refractivity contribution in [2.24, 2.45) is 5.73 Å². The van der Waals surface area contributed by atoms with E-state index in [9.17, 15) is 9.59 Å². The summed E-state index contributed by atoms with van der Waals surface area (Å²) >= 11 is 0. The van der Waals surface area contributed by atoms with Crippen LogP contribution in [0, 0.1) is 0 Å². The summed E-state index contributed by atoms with van der Waals surface area (Å²) in [7, 11) is 0. The van der Waals surface area contributed by atoms with Gasteiger partial charge in [-0.05, 0) is 12.0 Å². The first-order valence-corrected chi connectivity index (χ1v) is 5.79. The molecule has 0 bridgehead atoms. The van der Waals surface area contributed by atoms with Gasteiger partial charge in [-0.3, -0.25) is 9.59 Å². The summed E-state index contributed by atoms with van der Waals surface area (Å²) in [6.45, 7) is 2.15. The van der Waals surface area contributed by atoms with Gasteiger partial charge in [-0.1, -0.05) is 6.07 Å². The van der Waals surface area contributed by atoms with Crippen LogP contribution in [0.2, 0.25) is 0 Å². The molecule has 0 aromatic carbocycles. The first-order chi connectivity index (χ1) is 8.99. The van der Waals surface area contributed by atoms with Gasteiger partial charge in [-0.2, -0.15) is 0 Å². The second-order valence-corrected chi connectivity index (χ2v) is 3.98. The average molecular weight is 267 g/mol. The first kappa shape index (κ1) is 14.9. The highest BCUT2D eigenvalue weighted by molar-refractivity contribution is 5.73. The van der Waals surface area contributed by atoms with Gasteiger partial charge in [0, 0.05) is 19.2 Å². The molecule has 0 aliphatic carbocycles. The summed E-state index contributed by atoms with van der Waals surface area (Å²) in [5.74, 6) is -0.747. The maximum atomic E-state index is 10.6. The van der Waals surface area contributed by atoms with Crippen molar-refractivity contribution in [3.05, 3.63) is 23.9 Å². The number of carbonyl (C=O) groups excluding carboxylic acids is 1. The molecule has 1 aromatic heterocycles. The van der Waals surface area contributed by atoms with Gasteiger partial charge in [0.15, 0.2) is 0 Å². The summed E-state index contributed by atoms with van der Waals surface area (Å²) in [6, 6.07) is 2.41. The van der Waals surface area contributed by atoms with Crippen molar-refractivity contribution in [1.29, 1.82) is 0 Å². The van der Waals surface area contributed by atoms with Gasteiger partial charge >= 0.3 is 5.97 Å². The molecule has 19 heavy (non-hydrogen) atoms. The molecule has 7 nitrogen and oxygen atoms in total. The van der Waals surface area contributed by atoms with Crippen molar-refractivity contribution >= 4 is 11.9 Å². The number of pyridine rings is 1. The molecule has 0 spiro atoms. The number of ether oxygens (including phenoxy) is 1. The third-order valence-electron chi connectivity index (χ3n) is 2.30. The second-order valence-electron chi connectivity index (χ2n) is 3.98. The van der Waals surface area contributed by atoms with E-state index in [1.165, 1.54) is 13.1 Å². The Morgan fingerprint density at radius 2 is 2.26 bits per heavy atom. The predicted molar refractivity (Wildman–Crippen MR) is 67.7 cm³/mol. The van der Waals surface area contributed by atoms with Crippen molar-refractivity contribution in [3.8, 4) is 5.88 Å². The molecule has 1 atom stereocenters. The lowest BCUT2D eigenvalue weighted by atomic mass is 10.1. The highest BCUT2D eigenvalue weighted by Crippen LogP contribution is 2.08. The van der Waals surface area contributed by atoms with E-state index in [1.807, 2.05) is 0 Å². The van der Waals surface area contributed by atoms with Crippen LogP contribution in [0.1, 0.15) is 12.5 Å². The van der Waals surface area contributed by atoms with Crippen LogP contribution < -0.4 is 15.8 Å². The Morgan fingerprint density at radius 3 is 2.79 bits per heavy atom. The second kappa shape index (κ2) is 7.32. The van der Waals surface area contributed by atoms with Gasteiger partial charge in [0.25, 0.3) is 0 Å². The summed E-state index contributed by atoms with van der Waals surface area (Å²) in [4.78, 5) is 25.2. The van der Waals surface area contributed by atoms with Crippen molar-refractivity contribution < 1.29 is 19.4 Å². The molecular weight excluding hydrogens is 250 g/mol. The fraction of sp³-hybridized carbons (Fsp3) is 0.417. The van der Waals surface area contributed by atoms with Crippen LogP contribution in [-0.2, 0) is 16.0 Å². The number of aromatic nitrogens is 1. The summed E-state index contributed by atoms with van der Waals surface area (Å²) < 4.78 is 5.29. The largest absolute Gasteiger partial charge is 0.480 e. The SMILES string of the molecule is CC(=O)NCCOc1ccc(CC(N)C(=O)O)cn1. The van der Waals surface area contributed by atoms with E-state index in [0.717, 1.165) is 5.56 Å². The van der Waals surface area contributed by atoms with E-state index in [-0.39, 0.29) is 12.3 Å². The van der Waals surface area contributed by atoms with Crippen molar-refractivity contribution in [1.82, 2.24) is 10.3 Å². The van der Waals surface area contributed by atoms with Crippen LogP contribution >= 0.6 is 0 Å². The fourth-order valence-corrected chi connectivity index (χ4v) is 1.34. The van der Waals surface area contributed by atoms with Crippen LogP contribution in [0.3, 0.4) is 0 Å². The van der Waals surface area contributed by atoms with E-state index in [4.69, 9.17) is 15.6 Å². The number of amides is 1. The number of carboxylic acids is 1. The number of nitrogens with one attached hydrogen (secondary N) is 1. The predicted octanol–water partition coefficient (Wildman–Crippen LogP) is -0.449. The van der Waals surface area contributed by atoms with Gasteiger partial charge in [0.05, 0.1) is 6.54 Å². The number of aliphatic carboxylic acids is 1. The zero-order valence-corrected chi connectivity index (χ0v) is 10.6. The normalized spacial score (nSPS) is 11.7. The maximum Gasteiger partial charge on any atom is 0.320 e. The Hall–Kier alpha value is -2.15. The Labute approximate surface area is 110 Å². The van der Waals surface area contributed by atoms with Crippen LogP contribution in [0.15, 0.2) is 18.3 Å². The number of hydrogen-bond acceptors (Lipinski definition) is 5. The third-order valence-corrected chi connectivity index (χ3v) is 2.30. The number of nitrogens with two attached hydrogens (primary N) is 1. The molecule has 0 aliphatic heterocycles. The van der Waals surface area contributed by atoms with Crippen molar-refractivity contribution in [2.45, 2.75) is 19.4 Å². The lowest BCUT2D eigenvalue weighted by molar-refractivity contribution is -0.138. The molecule has 1 rings (SSSR count). The molecule has 0 fully saturated rings. The van der Waals surface area contributed by atoms with Crippen LogP contribution in [0.5, 0.6) is 5.88 Å². The van der Waals surface area contributed by atoms with Gasteiger partial charge in [0.1, 0.15) is 12.6 Å². The molecule has 4 N–H and O–H groups in total. The molecule has 1 unspecified atom stereocenters. The molecule has 1 amide bonds. The number of hydrogen-bond donors (Lipinski definition) is 3. The summed E-state index contributed by atoms with van der Waals surface area (Å²) in [6.07, 6.45) is 1.74. The minimum Gasteiger partial charge on any atom is -0.480 e. The molecule has 1 heterocycles. The zero-order valence-electron chi connectivity index (χ0n) is 10.6. The van der Waals surface area contributed by atoms with Gasteiger partial charge in [-0.15, -0.1) is 0 Å². The maximum absolute atomic E-state index is 10.6. The highest BCUT2D eigenvalue weighted by Gasteiger charge is 2.12. The van der Waals surface area contributed by atoms with Gasteiger partial charge < -0.3 is 20.9 Å². The minimum absolute atomic E-state index is 0.116. The molecule has 0 saturated carbocycles. The Kier molecular flexibility index (Phi) is 5.74. The highest BCUT2D eigenvalue weighted by atomic mass is 16.5. The molecule has 1 aromatic rings. The Morgan fingerprint density at radius 1 is 1.53 bits per heavy atom. The van der Waals surface area contributed by atoms with E-state index in [0.29, 0.717) is 19.0 Å². The number of carboxylic acid groups (broad SMARTS) is 1. The Bertz CT molecular complexity index is 433. The minimum atomic E-state index is -1.05. The average Bonchev–Trinajstić information content (AvgIpc) is 2.36. The van der Waals surface area contributed by atoms with E-state index < -0.39 is 12.0 Å². The molecular formula is C12H17N3O4.